The summed E-state index contributed by atoms with van der Waals surface area (Å²) in [6.45, 7) is 0.270. The Morgan fingerprint density at radius 2 is 1.94 bits per heavy atom. The highest BCUT2D eigenvalue weighted by Crippen LogP contribution is 2.12. The number of rotatable bonds is 10. The number of fused-ring (bicyclic) bond motifs is 1. The Hall–Kier alpha value is -4.06. The number of hydrogen-bond donors (Lipinski definition) is 6. The zero-order chi connectivity index (χ0) is 23.1. The number of carbonyl (C=O) groups is 2. The Kier molecular flexibility index (Phi) is 7.29. The lowest BCUT2D eigenvalue weighted by atomic mass is 10.0. The molecule has 0 saturated carbocycles. The van der Waals surface area contributed by atoms with Crippen molar-refractivity contribution in [3.63, 3.8) is 0 Å². The molecule has 32 heavy (non-hydrogen) atoms. The average Bonchev–Trinajstić information content (AvgIpc) is 2.78. The predicted octanol–water partition coefficient (Wildman–Crippen LogP) is 0.111. The van der Waals surface area contributed by atoms with E-state index in [2.05, 4.69) is 30.6 Å². The second kappa shape index (κ2) is 10.3. The minimum Gasteiger partial charge on any atom is -0.481 e. The van der Waals surface area contributed by atoms with Gasteiger partial charge in [-0.05, 0) is 36.6 Å². The molecule has 0 radical (unpaired) electrons. The van der Waals surface area contributed by atoms with E-state index in [4.69, 9.17) is 10.8 Å². The molecule has 0 aliphatic carbocycles. The van der Waals surface area contributed by atoms with E-state index in [0.29, 0.717) is 17.8 Å². The summed E-state index contributed by atoms with van der Waals surface area (Å²) in [4.78, 5) is 49.5. The zero-order valence-electron chi connectivity index (χ0n) is 17.0. The number of nitrogens with one attached hydrogen (secondary N) is 3. The van der Waals surface area contributed by atoms with Gasteiger partial charge in [-0.3, -0.25) is 19.4 Å². The first-order chi connectivity index (χ1) is 15.4. The monoisotopic (exact) mass is 441 g/mol. The summed E-state index contributed by atoms with van der Waals surface area (Å²) in [7, 11) is 0. The number of anilines is 2. The lowest BCUT2D eigenvalue weighted by molar-refractivity contribution is -0.137. The van der Waals surface area contributed by atoms with E-state index in [1.807, 2.05) is 0 Å². The standard InChI is InChI=1S/C20H23N7O5/c21-20-26-17-16(19(32)27-20)25-14(9-23-17)8-22-13-4-2-12(3-5-13)18(31)24-7-11(10-28)1-6-15(29)30/h2-5,9,11,22,28H,1,6-8,10H2,(H,24,31)(H,29,30)(H3,21,23,26,27,32). The van der Waals surface area contributed by atoms with Crippen molar-refractivity contribution in [3.8, 4) is 0 Å². The maximum atomic E-state index is 12.3. The van der Waals surface area contributed by atoms with Crippen LogP contribution in [-0.4, -0.2) is 55.2 Å². The van der Waals surface area contributed by atoms with Gasteiger partial charge in [0.1, 0.15) is 0 Å². The molecular weight excluding hydrogens is 418 g/mol. The minimum absolute atomic E-state index is 0.0288. The van der Waals surface area contributed by atoms with Gasteiger partial charge in [-0.1, -0.05) is 0 Å². The lowest BCUT2D eigenvalue weighted by Crippen LogP contribution is -2.31. The largest absolute Gasteiger partial charge is 0.481 e. The molecule has 0 bridgehead atoms. The summed E-state index contributed by atoms with van der Waals surface area (Å²) in [6.07, 6.45) is 1.70. The number of aliphatic hydroxyl groups is 1. The van der Waals surface area contributed by atoms with Crippen LogP contribution in [0.4, 0.5) is 11.6 Å². The van der Waals surface area contributed by atoms with Gasteiger partial charge in [-0.2, -0.15) is 4.98 Å². The summed E-state index contributed by atoms with van der Waals surface area (Å²) in [5.41, 5.74) is 6.94. The molecule has 12 nitrogen and oxygen atoms in total. The van der Waals surface area contributed by atoms with Crippen LogP contribution in [0.1, 0.15) is 28.9 Å². The number of carboxylic acids is 1. The smallest absolute Gasteiger partial charge is 0.303 e. The number of aromatic amines is 1. The van der Waals surface area contributed by atoms with Gasteiger partial charge >= 0.3 is 5.97 Å². The van der Waals surface area contributed by atoms with E-state index in [0.717, 1.165) is 5.69 Å². The molecular formula is C20H23N7O5. The Bertz CT molecular complexity index is 1160. The van der Waals surface area contributed by atoms with E-state index in [1.165, 1.54) is 6.20 Å². The molecule has 1 aromatic carbocycles. The highest BCUT2D eigenvalue weighted by atomic mass is 16.4. The highest BCUT2D eigenvalue weighted by Gasteiger charge is 2.13. The van der Waals surface area contributed by atoms with Crippen molar-refractivity contribution in [2.45, 2.75) is 19.4 Å². The average molecular weight is 441 g/mol. The normalized spacial score (nSPS) is 11.8. The summed E-state index contributed by atoms with van der Waals surface area (Å²) < 4.78 is 0. The fraction of sp³-hybridized carbons (Fsp3) is 0.300. The first kappa shape index (κ1) is 22.6. The van der Waals surface area contributed by atoms with Crippen molar-refractivity contribution in [1.82, 2.24) is 25.3 Å². The summed E-state index contributed by atoms with van der Waals surface area (Å²) in [5.74, 6) is -1.62. The number of aliphatic carboxylic acids is 1. The van der Waals surface area contributed by atoms with Crippen molar-refractivity contribution >= 4 is 34.7 Å². The molecule has 1 atom stereocenters. The quantitative estimate of drug-likeness (QED) is 0.251. The third-order valence-electron chi connectivity index (χ3n) is 4.68. The maximum absolute atomic E-state index is 12.3. The Balaban J connectivity index is 1.55. The molecule has 12 heteroatoms. The number of nitrogens with two attached hydrogens (primary N) is 1. The molecule has 2 aromatic heterocycles. The number of benzene rings is 1. The molecule has 1 amide bonds. The molecule has 0 saturated heterocycles. The molecule has 3 aromatic rings. The molecule has 0 aliphatic heterocycles. The number of aromatic nitrogens is 4. The van der Waals surface area contributed by atoms with E-state index >= 15 is 0 Å². The molecule has 168 valence electrons. The fourth-order valence-corrected chi connectivity index (χ4v) is 2.91. The summed E-state index contributed by atoms with van der Waals surface area (Å²) >= 11 is 0. The number of nitrogens with zero attached hydrogens (tertiary/aromatic N) is 3. The number of hydrogen-bond acceptors (Lipinski definition) is 9. The van der Waals surface area contributed by atoms with Crippen LogP contribution in [0.15, 0.2) is 35.3 Å². The van der Waals surface area contributed by atoms with Gasteiger partial charge in [-0.15, -0.1) is 0 Å². The predicted molar refractivity (Wildman–Crippen MR) is 116 cm³/mol. The Morgan fingerprint density at radius 3 is 2.62 bits per heavy atom. The number of amides is 1. The van der Waals surface area contributed by atoms with Crippen LogP contribution in [0, 0.1) is 5.92 Å². The van der Waals surface area contributed by atoms with Crippen LogP contribution in [0.25, 0.3) is 11.2 Å². The zero-order valence-corrected chi connectivity index (χ0v) is 17.0. The molecule has 7 N–H and O–H groups in total. The summed E-state index contributed by atoms with van der Waals surface area (Å²) in [5, 5.41) is 23.9. The van der Waals surface area contributed by atoms with Crippen LogP contribution in [-0.2, 0) is 11.3 Å². The van der Waals surface area contributed by atoms with Gasteiger partial charge in [-0.25, -0.2) is 9.97 Å². The van der Waals surface area contributed by atoms with E-state index < -0.39 is 11.5 Å². The summed E-state index contributed by atoms with van der Waals surface area (Å²) in [6, 6.07) is 6.69. The Morgan fingerprint density at radius 1 is 1.19 bits per heavy atom. The maximum Gasteiger partial charge on any atom is 0.303 e. The van der Waals surface area contributed by atoms with E-state index in [1.54, 1.807) is 24.3 Å². The van der Waals surface area contributed by atoms with Crippen molar-refractivity contribution < 1.29 is 19.8 Å². The van der Waals surface area contributed by atoms with Gasteiger partial charge in [0.05, 0.1) is 18.4 Å². The minimum atomic E-state index is -0.944. The van der Waals surface area contributed by atoms with Gasteiger partial charge in [0.2, 0.25) is 5.95 Å². The number of H-pyrrole nitrogens is 1. The molecule has 0 fully saturated rings. The topological polar surface area (TPSA) is 196 Å². The van der Waals surface area contributed by atoms with Gasteiger partial charge < -0.3 is 26.6 Å². The molecule has 0 aliphatic rings. The van der Waals surface area contributed by atoms with Crippen molar-refractivity contribution in [2.75, 3.05) is 24.2 Å². The highest BCUT2D eigenvalue weighted by molar-refractivity contribution is 5.94. The van der Waals surface area contributed by atoms with E-state index in [9.17, 15) is 19.5 Å². The second-order valence-corrected chi connectivity index (χ2v) is 7.11. The van der Waals surface area contributed by atoms with Crippen molar-refractivity contribution in [3.05, 3.63) is 52.1 Å². The van der Waals surface area contributed by atoms with Gasteiger partial charge in [0, 0.05) is 30.8 Å². The molecule has 0 spiro atoms. The Labute approximate surface area is 181 Å². The van der Waals surface area contributed by atoms with Crippen molar-refractivity contribution in [1.29, 1.82) is 0 Å². The third-order valence-corrected chi connectivity index (χ3v) is 4.68. The lowest BCUT2D eigenvalue weighted by Gasteiger charge is -2.14. The molecule has 2 heterocycles. The number of nitrogen functional groups attached to an aromatic ring is 1. The van der Waals surface area contributed by atoms with Crippen molar-refractivity contribution in [2.24, 2.45) is 5.92 Å². The van der Waals surface area contributed by atoms with Gasteiger partial charge in [0.15, 0.2) is 11.2 Å². The van der Waals surface area contributed by atoms with Crippen LogP contribution in [0.5, 0.6) is 0 Å². The van der Waals surface area contributed by atoms with Crippen LogP contribution < -0.4 is 21.9 Å². The first-order valence-corrected chi connectivity index (χ1v) is 9.82. The SMILES string of the molecule is Nc1nc2ncc(CNc3ccc(C(=O)NCC(CO)CCC(=O)O)cc3)nc2c(=O)[nH]1. The van der Waals surface area contributed by atoms with Crippen LogP contribution in [0.3, 0.4) is 0 Å². The van der Waals surface area contributed by atoms with Gasteiger partial charge in [0.25, 0.3) is 11.5 Å². The number of aliphatic hydroxyl groups excluding tert-OH is 1. The number of carboxylic acid groups (broad SMARTS) is 1. The second-order valence-electron chi connectivity index (χ2n) is 7.11. The first-order valence-electron chi connectivity index (χ1n) is 9.82. The van der Waals surface area contributed by atoms with Crippen LogP contribution >= 0.6 is 0 Å². The molecule has 1 unspecified atom stereocenters. The number of carbonyl (C=O) groups excluding carboxylic acids is 1. The molecule has 3 rings (SSSR count). The fourth-order valence-electron chi connectivity index (χ4n) is 2.91. The van der Waals surface area contributed by atoms with E-state index in [-0.39, 0.29) is 54.9 Å². The van der Waals surface area contributed by atoms with Crippen LogP contribution in [0.2, 0.25) is 0 Å². The third kappa shape index (κ3) is 5.98.